The zero-order valence-electron chi connectivity index (χ0n) is 11.6. The highest BCUT2D eigenvalue weighted by Gasteiger charge is 2.18. The molecule has 1 heterocycles. The average molecular weight is 269 g/mol. The van der Waals surface area contributed by atoms with Crippen LogP contribution in [0.4, 0.5) is 5.69 Å². The van der Waals surface area contributed by atoms with Crippen LogP contribution in [0.1, 0.15) is 22.3 Å². The molecular weight excluding hydrogens is 250 g/mol. The quantitative estimate of drug-likeness (QED) is 0.906. The minimum absolute atomic E-state index is 0.0409. The smallest absolute Gasteiger partial charge is 0.259 e. The number of amides is 1. The molecule has 4 heteroatoms. The summed E-state index contributed by atoms with van der Waals surface area (Å²) in [5.41, 5.74) is 8.17. The van der Waals surface area contributed by atoms with Gasteiger partial charge in [-0.05, 0) is 43.7 Å². The number of hydrogen-bond donors (Lipinski definition) is 1. The van der Waals surface area contributed by atoms with Gasteiger partial charge in [-0.2, -0.15) is 0 Å². The van der Waals surface area contributed by atoms with Crippen molar-refractivity contribution in [1.29, 1.82) is 0 Å². The molecule has 0 aliphatic heterocycles. The minimum Gasteiger partial charge on any atom is -0.330 e. The maximum absolute atomic E-state index is 12.6. The summed E-state index contributed by atoms with van der Waals surface area (Å²) in [7, 11) is 0. The third-order valence-electron chi connectivity index (χ3n) is 3.15. The van der Waals surface area contributed by atoms with E-state index in [-0.39, 0.29) is 5.91 Å². The van der Waals surface area contributed by atoms with Gasteiger partial charge in [0.2, 0.25) is 0 Å². The molecule has 2 aromatic rings. The Morgan fingerprint density at radius 3 is 2.70 bits per heavy atom. The Morgan fingerprint density at radius 1 is 1.25 bits per heavy atom. The van der Waals surface area contributed by atoms with Crippen molar-refractivity contribution in [3.8, 4) is 0 Å². The van der Waals surface area contributed by atoms with E-state index in [0.717, 1.165) is 17.7 Å². The van der Waals surface area contributed by atoms with Crippen LogP contribution in [0.5, 0.6) is 0 Å². The van der Waals surface area contributed by atoms with Gasteiger partial charge < -0.3 is 10.6 Å². The maximum Gasteiger partial charge on any atom is 0.259 e. The first kappa shape index (κ1) is 14.2. The lowest BCUT2D eigenvalue weighted by molar-refractivity contribution is 0.0986. The largest absolute Gasteiger partial charge is 0.330 e. The molecule has 0 bridgehead atoms. The van der Waals surface area contributed by atoms with Gasteiger partial charge in [0, 0.05) is 24.6 Å². The van der Waals surface area contributed by atoms with Gasteiger partial charge in [0.05, 0.1) is 5.56 Å². The Morgan fingerprint density at radius 2 is 2.05 bits per heavy atom. The van der Waals surface area contributed by atoms with Crippen LogP contribution in [0, 0.1) is 6.92 Å². The van der Waals surface area contributed by atoms with E-state index in [1.54, 1.807) is 29.4 Å². The number of aromatic nitrogens is 1. The highest BCUT2D eigenvalue weighted by Crippen LogP contribution is 2.21. The number of benzene rings is 1. The van der Waals surface area contributed by atoms with Gasteiger partial charge in [0.15, 0.2) is 0 Å². The third-order valence-corrected chi connectivity index (χ3v) is 3.15. The van der Waals surface area contributed by atoms with E-state index in [4.69, 9.17) is 5.73 Å². The molecular formula is C16H19N3O. The number of hydrogen-bond acceptors (Lipinski definition) is 3. The molecule has 20 heavy (non-hydrogen) atoms. The van der Waals surface area contributed by atoms with Gasteiger partial charge in [0.25, 0.3) is 5.91 Å². The summed E-state index contributed by atoms with van der Waals surface area (Å²) in [5.74, 6) is -0.0409. The lowest BCUT2D eigenvalue weighted by Crippen LogP contribution is -2.33. The number of nitrogens with two attached hydrogens (primary N) is 1. The van der Waals surface area contributed by atoms with E-state index in [2.05, 4.69) is 4.98 Å². The molecule has 0 aliphatic rings. The molecule has 0 unspecified atom stereocenters. The monoisotopic (exact) mass is 269 g/mol. The molecule has 0 atom stereocenters. The lowest BCUT2D eigenvalue weighted by Gasteiger charge is -2.24. The first-order valence-electron chi connectivity index (χ1n) is 6.71. The number of carbonyl (C=O) groups excluding carboxylic acids is 1. The summed E-state index contributed by atoms with van der Waals surface area (Å²) in [6.07, 6.45) is 4.02. The van der Waals surface area contributed by atoms with E-state index in [0.29, 0.717) is 18.7 Å². The molecule has 0 saturated heterocycles. The van der Waals surface area contributed by atoms with Crippen LogP contribution in [-0.4, -0.2) is 24.0 Å². The fraction of sp³-hybridized carbons (Fsp3) is 0.250. The Hall–Kier alpha value is -2.20. The molecule has 4 nitrogen and oxygen atoms in total. The number of anilines is 1. The van der Waals surface area contributed by atoms with Crippen LogP contribution in [-0.2, 0) is 0 Å². The number of nitrogens with zero attached hydrogens (tertiary/aromatic N) is 2. The second-order valence-corrected chi connectivity index (χ2v) is 4.63. The van der Waals surface area contributed by atoms with Crippen LogP contribution in [0.25, 0.3) is 0 Å². The third kappa shape index (κ3) is 3.22. The Balaban J connectivity index is 2.33. The standard InChI is InChI=1S/C16H19N3O/c1-13-6-2-3-8-15(13)19(11-5-9-17)16(20)14-7-4-10-18-12-14/h2-4,6-8,10,12H,5,9,11,17H2,1H3. The molecule has 0 saturated carbocycles. The lowest BCUT2D eigenvalue weighted by atomic mass is 10.1. The van der Waals surface area contributed by atoms with E-state index < -0.39 is 0 Å². The maximum atomic E-state index is 12.6. The van der Waals surface area contributed by atoms with Gasteiger partial charge in [-0.3, -0.25) is 9.78 Å². The van der Waals surface area contributed by atoms with Crippen LogP contribution in [0.3, 0.4) is 0 Å². The highest BCUT2D eigenvalue weighted by atomic mass is 16.2. The molecule has 0 aliphatic carbocycles. The van der Waals surface area contributed by atoms with Crippen LogP contribution >= 0.6 is 0 Å². The van der Waals surface area contributed by atoms with E-state index in [1.165, 1.54) is 0 Å². The van der Waals surface area contributed by atoms with Crippen molar-refractivity contribution in [3.05, 3.63) is 59.9 Å². The van der Waals surface area contributed by atoms with Crippen molar-refractivity contribution < 1.29 is 4.79 Å². The van der Waals surface area contributed by atoms with Gasteiger partial charge in [-0.15, -0.1) is 0 Å². The summed E-state index contributed by atoms with van der Waals surface area (Å²) in [5, 5.41) is 0. The van der Waals surface area contributed by atoms with Crippen molar-refractivity contribution in [1.82, 2.24) is 4.98 Å². The number of aryl methyl sites for hydroxylation is 1. The first-order valence-corrected chi connectivity index (χ1v) is 6.71. The number of pyridine rings is 1. The summed E-state index contributed by atoms with van der Waals surface area (Å²) in [6, 6.07) is 11.4. The topological polar surface area (TPSA) is 59.2 Å². The number of para-hydroxylation sites is 1. The predicted octanol–water partition coefficient (Wildman–Crippen LogP) is 2.39. The molecule has 2 rings (SSSR count). The van der Waals surface area contributed by atoms with Crippen molar-refractivity contribution >= 4 is 11.6 Å². The normalized spacial score (nSPS) is 10.3. The summed E-state index contributed by atoms with van der Waals surface area (Å²) < 4.78 is 0. The molecule has 0 radical (unpaired) electrons. The molecule has 1 aromatic carbocycles. The fourth-order valence-electron chi connectivity index (χ4n) is 2.09. The Labute approximate surface area is 119 Å². The zero-order chi connectivity index (χ0) is 14.4. The van der Waals surface area contributed by atoms with Crippen LogP contribution in [0.2, 0.25) is 0 Å². The SMILES string of the molecule is Cc1ccccc1N(CCCN)C(=O)c1cccnc1. The number of rotatable bonds is 5. The zero-order valence-corrected chi connectivity index (χ0v) is 11.6. The summed E-state index contributed by atoms with van der Waals surface area (Å²) >= 11 is 0. The van der Waals surface area contributed by atoms with Gasteiger partial charge in [-0.1, -0.05) is 18.2 Å². The highest BCUT2D eigenvalue weighted by molar-refractivity contribution is 6.06. The van der Waals surface area contributed by atoms with Crippen LogP contribution < -0.4 is 10.6 Å². The van der Waals surface area contributed by atoms with Crippen molar-refractivity contribution in [2.75, 3.05) is 18.0 Å². The second kappa shape index (κ2) is 6.82. The minimum atomic E-state index is -0.0409. The second-order valence-electron chi connectivity index (χ2n) is 4.63. The Bertz CT molecular complexity index is 569. The van der Waals surface area contributed by atoms with Crippen molar-refractivity contribution in [2.45, 2.75) is 13.3 Å². The van der Waals surface area contributed by atoms with E-state index >= 15 is 0 Å². The van der Waals surface area contributed by atoms with Gasteiger partial charge >= 0.3 is 0 Å². The Kier molecular flexibility index (Phi) is 4.85. The molecule has 0 fully saturated rings. The van der Waals surface area contributed by atoms with E-state index in [9.17, 15) is 4.79 Å². The van der Waals surface area contributed by atoms with Gasteiger partial charge in [0.1, 0.15) is 0 Å². The molecule has 2 N–H and O–H groups in total. The molecule has 1 aromatic heterocycles. The molecule has 0 spiro atoms. The van der Waals surface area contributed by atoms with Crippen molar-refractivity contribution in [2.24, 2.45) is 5.73 Å². The molecule has 104 valence electrons. The first-order chi connectivity index (χ1) is 9.74. The van der Waals surface area contributed by atoms with Gasteiger partial charge in [-0.25, -0.2) is 0 Å². The molecule has 1 amide bonds. The summed E-state index contributed by atoms with van der Waals surface area (Å²) in [4.78, 5) is 18.4. The fourth-order valence-corrected chi connectivity index (χ4v) is 2.09. The van der Waals surface area contributed by atoms with E-state index in [1.807, 2.05) is 31.2 Å². The summed E-state index contributed by atoms with van der Waals surface area (Å²) in [6.45, 7) is 3.17. The number of carbonyl (C=O) groups is 1. The average Bonchev–Trinajstić information content (AvgIpc) is 2.50. The van der Waals surface area contributed by atoms with Crippen LogP contribution in [0.15, 0.2) is 48.8 Å². The van der Waals surface area contributed by atoms with Crippen molar-refractivity contribution in [3.63, 3.8) is 0 Å². The predicted molar refractivity (Wildman–Crippen MR) is 80.8 cm³/mol.